The van der Waals surface area contributed by atoms with Crippen LogP contribution in [-0.2, 0) is 15.8 Å². The number of sulfonamides is 1. The van der Waals surface area contributed by atoms with Gasteiger partial charge in [-0.2, -0.15) is 0 Å². The summed E-state index contributed by atoms with van der Waals surface area (Å²) in [5.41, 5.74) is 1.10. The first kappa shape index (κ1) is 14.1. The number of hydrogen-bond donors (Lipinski definition) is 0. The number of nitrogens with zero attached hydrogens (tertiary/aromatic N) is 1. The molecule has 0 radical (unpaired) electrons. The Labute approximate surface area is 118 Å². The molecule has 0 aliphatic carbocycles. The standard InChI is InChI=1S/C14H15NO2S2/c1-15(18-12-13-8-4-2-5-9-13)19(16,17)14-10-6-3-7-11-14/h2-11H,12H2,1H3. The van der Waals surface area contributed by atoms with Gasteiger partial charge in [-0.1, -0.05) is 60.5 Å². The molecule has 0 N–H and O–H groups in total. The van der Waals surface area contributed by atoms with Gasteiger partial charge in [0.2, 0.25) is 0 Å². The van der Waals surface area contributed by atoms with Crippen molar-refractivity contribution in [2.75, 3.05) is 7.05 Å². The van der Waals surface area contributed by atoms with Crippen molar-refractivity contribution in [3.05, 3.63) is 66.2 Å². The van der Waals surface area contributed by atoms with Gasteiger partial charge in [0.15, 0.2) is 0 Å². The van der Waals surface area contributed by atoms with Crippen molar-refractivity contribution in [1.82, 2.24) is 3.71 Å². The van der Waals surface area contributed by atoms with Crippen molar-refractivity contribution < 1.29 is 8.42 Å². The van der Waals surface area contributed by atoms with Gasteiger partial charge < -0.3 is 0 Å². The molecule has 0 unspecified atom stereocenters. The highest BCUT2D eigenvalue weighted by molar-refractivity contribution is 8.08. The Morgan fingerprint density at radius 2 is 1.47 bits per heavy atom. The minimum Gasteiger partial charge on any atom is -0.206 e. The maximum Gasteiger partial charge on any atom is 0.252 e. The SMILES string of the molecule is CN(SCc1ccccc1)S(=O)(=O)c1ccccc1. The Bertz CT molecular complexity index is 612. The summed E-state index contributed by atoms with van der Waals surface area (Å²) in [7, 11) is -1.83. The van der Waals surface area contributed by atoms with Crippen LogP contribution in [0.3, 0.4) is 0 Å². The predicted octanol–water partition coefficient (Wildman–Crippen LogP) is 3.16. The van der Waals surface area contributed by atoms with Gasteiger partial charge in [-0.05, 0) is 17.7 Å². The maximum absolute atomic E-state index is 12.3. The first-order valence-corrected chi connectivity index (χ1v) is 8.20. The first-order chi connectivity index (χ1) is 9.10. The average molecular weight is 293 g/mol. The molecule has 3 nitrogen and oxygen atoms in total. The molecule has 0 atom stereocenters. The summed E-state index contributed by atoms with van der Waals surface area (Å²) in [5.74, 6) is 0.628. The lowest BCUT2D eigenvalue weighted by molar-refractivity contribution is 0.564. The number of hydrogen-bond acceptors (Lipinski definition) is 3. The maximum atomic E-state index is 12.3. The van der Waals surface area contributed by atoms with Gasteiger partial charge in [0.25, 0.3) is 10.0 Å². The molecule has 0 fully saturated rings. The Hall–Kier alpha value is -1.30. The summed E-state index contributed by atoms with van der Waals surface area (Å²) >= 11 is 1.28. The van der Waals surface area contributed by atoms with Gasteiger partial charge in [0.1, 0.15) is 0 Å². The summed E-state index contributed by atoms with van der Waals surface area (Å²) in [4.78, 5) is 0.318. The number of rotatable bonds is 5. The summed E-state index contributed by atoms with van der Waals surface area (Å²) in [6.45, 7) is 0. The zero-order valence-electron chi connectivity index (χ0n) is 10.6. The molecule has 2 aromatic rings. The van der Waals surface area contributed by atoms with Crippen LogP contribution in [0.15, 0.2) is 65.6 Å². The topological polar surface area (TPSA) is 37.4 Å². The van der Waals surface area contributed by atoms with E-state index < -0.39 is 10.0 Å². The summed E-state index contributed by atoms with van der Waals surface area (Å²) in [5, 5.41) is 0. The highest BCUT2D eigenvalue weighted by Crippen LogP contribution is 2.23. The zero-order valence-corrected chi connectivity index (χ0v) is 12.2. The van der Waals surface area contributed by atoms with Crippen LogP contribution in [0.1, 0.15) is 5.56 Å². The third-order valence-corrected chi connectivity index (χ3v) is 5.91. The Balaban J connectivity index is 2.06. The molecule has 0 aromatic heterocycles. The lowest BCUT2D eigenvalue weighted by Crippen LogP contribution is -2.20. The van der Waals surface area contributed by atoms with Crippen LogP contribution in [0.2, 0.25) is 0 Å². The first-order valence-electron chi connectivity index (χ1n) is 5.81. The fraction of sp³-hybridized carbons (Fsp3) is 0.143. The second-order valence-corrected chi connectivity index (χ2v) is 7.28. The zero-order chi connectivity index (χ0) is 13.7. The number of benzene rings is 2. The van der Waals surface area contributed by atoms with E-state index in [0.717, 1.165) is 5.56 Å². The van der Waals surface area contributed by atoms with E-state index in [2.05, 4.69) is 0 Å². The van der Waals surface area contributed by atoms with Crippen molar-refractivity contribution in [1.29, 1.82) is 0 Å². The van der Waals surface area contributed by atoms with Crippen molar-refractivity contribution in [2.45, 2.75) is 10.6 Å². The fourth-order valence-electron chi connectivity index (χ4n) is 1.55. The van der Waals surface area contributed by atoms with Gasteiger partial charge in [0.05, 0.1) is 4.90 Å². The Morgan fingerprint density at radius 3 is 2.05 bits per heavy atom. The van der Waals surface area contributed by atoms with E-state index in [9.17, 15) is 8.42 Å². The highest BCUT2D eigenvalue weighted by Gasteiger charge is 2.20. The molecule has 0 aliphatic rings. The highest BCUT2D eigenvalue weighted by atomic mass is 32.3. The molecule has 2 rings (SSSR count). The quantitative estimate of drug-likeness (QED) is 0.795. The summed E-state index contributed by atoms with van der Waals surface area (Å²) < 4.78 is 25.8. The van der Waals surface area contributed by atoms with Crippen LogP contribution < -0.4 is 0 Å². The van der Waals surface area contributed by atoms with Crippen LogP contribution in [-0.4, -0.2) is 19.2 Å². The monoisotopic (exact) mass is 293 g/mol. The molecule has 0 bridgehead atoms. The Morgan fingerprint density at radius 1 is 0.947 bits per heavy atom. The van der Waals surface area contributed by atoms with E-state index in [4.69, 9.17) is 0 Å². The average Bonchev–Trinajstić information content (AvgIpc) is 2.46. The van der Waals surface area contributed by atoms with Crippen molar-refractivity contribution in [2.24, 2.45) is 0 Å². The third-order valence-electron chi connectivity index (χ3n) is 2.64. The van der Waals surface area contributed by atoms with E-state index in [-0.39, 0.29) is 0 Å². The van der Waals surface area contributed by atoms with Gasteiger partial charge in [-0.3, -0.25) is 0 Å². The molecule has 0 saturated carbocycles. The molecule has 5 heteroatoms. The summed E-state index contributed by atoms with van der Waals surface area (Å²) in [6, 6.07) is 18.3. The van der Waals surface area contributed by atoms with Crippen LogP contribution >= 0.6 is 11.9 Å². The van der Waals surface area contributed by atoms with Gasteiger partial charge in [-0.25, -0.2) is 8.42 Å². The molecule has 0 heterocycles. The van der Waals surface area contributed by atoms with Gasteiger partial charge in [0, 0.05) is 12.8 Å². The van der Waals surface area contributed by atoms with Crippen molar-refractivity contribution in [3.8, 4) is 0 Å². The van der Waals surface area contributed by atoms with Crippen molar-refractivity contribution >= 4 is 22.0 Å². The second-order valence-electron chi connectivity index (χ2n) is 3.99. The van der Waals surface area contributed by atoms with Crippen molar-refractivity contribution in [3.63, 3.8) is 0 Å². The Kier molecular flexibility index (Phi) is 4.63. The lowest BCUT2D eigenvalue weighted by atomic mass is 10.2. The van der Waals surface area contributed by atoms with E-state index in [1.54, 1.807) is 37.4 Å². The minimum absolute atomic E-state index is 0.318. The molecular weight excluding hydrogens is 278 g/mol. The van der Waals surface area contributed by atoms with E-state index in [0.29, 0.717) is 10.6 Å². The van der Waals surface area contributed by atoms with E-state index in [1.165, 1.54) is 15.7 Å². The normalized spacial score (nSPS) is 11.7. The molecule has 0 spiro atoms. The van der Waals surface area contributed by atoms with E-state index >= 15 is 0 Å². The second kappa shape index (κ2) is 6.23. The van der Waals surface area contributed by atoms with Crippen LogP contribution in [0.25, 0.3) is 0 Å². The molecule has 0 amide bonds. The van der Waals surface area contributed by atoms with Gasteiger partial charge in [-0.15, -0.1) is 3.71 Å². The lowest BCUT2D eigenvalue weighted by Gasteiger charge is -2.15. The minimum atomic E-state index is -3.41. The molecule has 2 aromatic carbocycles. The molecule has 0 aliphatic heterocycles. The smallest absolute Gasteiger partial charge is 0.206 e. The van der Waals surface area contributed by atoms with Crippen LogP contribution in [0, 0.1) is 0 Å². The molecule has 19 heavy (non-hydrogen) atoms. The third kappa shape index (κ3) is 3.59. The van der Waals surface area contributed by atoms with Crippen LogP contribution in [0.5, 0.6) is 0 Å². The molecule has 100 valence electrons. The fourth-order valence-corrected chi connectivity index (χ4v) is 3.84. The van der Waals surface area contributed by atoms with E-state index in [1.807, 2.05) is 30.3 Å². The molecular formula is C14H15NO2S2. The summed E-state index contributed by atoms with van der Waals surface area (Å²) in [6.07, 6.45) is 0. The molecule has 0 saturated heterocycles. The largest absolute Gasteiger partial charge is 0.252 e. The predicted molar refractivity (Wildman–Crippen MR) is 79.1 cm³/mol. The van der Waals surface area contributed by atoms with Gasteiger partial charge >= 0.3 is 0 Å². The van der Waals surface area contributed by atoms with Crippen LogP contribution in [0.4, 0.5) is 0 Å².